The van der Waals surface area contributed by atoms with Crippen LogP contribution in [0.15, 0.2) is 82.7 Å². The Labute approximate surface area is 206 Å². The van der Waals surface area contributed by atoms with Crippen molar-refractivity contribution in [2.24, 2.45) is 4.99 Å². The number of rotatable bonds is 6. The van der Waals surface area contributed by atoms with E-state index in [-0.39, 0.29) is 11.9 Å². The second kappa shape index (κ2) is 10.3. The molecule has 0 radical (unpaired) electrons. The van der Waals surface area contributed by atoms with E-state index in [0.717, 1.165) is 33.7 Å². The Balaban J connectivity index is 1.78. The fourth-order valence-electron chi connectivity index (χ4n) is 4.04. The predicted molar refractivity (Wildman–Crippen MR) is 143 cm³/mol. The number of hydrogen-bond acceptors (Lipinski definition) is 4. The van der Waals surface area contributed by atoms with Gasteiger partial charge in [0.1, 0.15) is 5.75 Å². The summed E-state index contributed by atoms with van der Waals surface area (Å²) in [5, 5.41) is 0.689. The van der Waals surface area contributed by atoms with Crippen molar-refractivity contribution in [1.82, 2.24) is 4.90 Å². The summed E-state index contributed by atoms with van der Waals surface area (Å²) in [6.45, 7) is 8.39. The largest absolute Gasteiger partial charge is 0.496 e. The van der Waals surface area contributed by atoms with Gasteiger partial charge in [-0.25, -0.2) is 4.99 Å². The molecular formula is C29H30N2O2S. The smallest absolute Gasteiger partial charge is 0.267 e. The van der Waals surface area contributed by atoms with Crippen LogP contribution in [0.25, 0.3) is 6.08 Å². The first-order valence-corrected chi connectivity index (χ1v) is 12.3. The third-order valence-electron chi connectivity index (χ3n) is 6.01. The van der Waals surface area contributed by atoms with Gasteiger partial charge in [-0.05, 0) is 84.1 Å². The molecule has 0 unspecified atom stereocenters. The molecular weight excluding hydrogens is 440 g/mol. The Morgan fingerprint density at radius 1 is 0.971 bits per heavy atom. The Morgan fingerprint density at radius 3 is 2.24 bits per heavy atom. The van der Waals surface area contributed by atoms with Gasteiger partial charge in [0.25, 0.3) is 5.91 Å². The Kier molecular flexibility index (Phi) is 7.23. The zero-order chi connectivity index (χ0) is 24.2. The monoisotopic (exact) mass is 470 g/mol. The number of carbonyl (C=O) groups is 1. The third kappa shape index (κ3) is 4.95. The summed E-state index contributed by atoms with van der Waals surface area (Å²) in [6.07, 6.45) is 1.99. The van der Waals surface area contributed by atoms with Gasteiger partial charge in [0.2, 0.25) is 0 Å². The highest BCUT2D eigenvalue weighted by atomic mass is 32.2. The normalized spacial score (nSPS) is 17.1. The van der Waals surface area contributed by atoms with Crippen LogP contribution in [0.3, 0.4) is 0 Å². The van der Waals surface area contributed by atoms with Crippen LogP contribution in [0.5, 0.6) is 5.75 Å². The lowest BCUT2D eigenvalue weighted by molar-refractivity contribution is -0.123. The van der Waals surface area contributed by atoms with E-state index in [0.29, 0.717) is 16.0 Å². The van der Waals surface area contributed by atoms with E-state index in [1.54, 1.807) is 12.0 Å². The molecule has 34 heavy (non-hydrogen) atoms. The first kappa shape index (κ1) is 23.8. The van der Waals surface area contributed by atoms with Gasteiger partial charge in [0.05, 0.1) is 23.7 Å². The molecule has 0 bridgehead atoms. The number of methoxy groups -OCH3 is 1. The fraction of sp³-hybridized carbons (Fsp3) is 0.241. The van der Waals surface area contributed by atoms with E-state index in [4.69, 9.17) is 9.73 Å². The number of thioether (sulfide) groups is 1. The first-order valence-electron chi connectivity index (χ1n) is 11.5. The molecule has 0 spiro atoms. The number of nitrogens with zero attached hydrogens (tertiary/aromatic N) is 2. The van der Waals surface area contributed by atoms with Crippen LogP contribution >= 0.6 is 11.8 Å². The average Bonchev–Trinajstić information content (AvgIpc) is 3.14. The molecule has 0 aromatic heterocycles. The highest BCUT2D eigenvalue weighted by molar-refractivity contribution is 8.18. The van der Waals surface area contributed by atoms with Gasteiger partial charge in [0, 0.05) is 0 Å². The fourth-order valence-corrected chi connectivity index (χ4v) is 5.10. The van der Waals surface area contributed by atoms with Gasteiger partial charge in [-0.2, -0.15) is 0 Å². The number of benzene rings is 3. The molecule has 1 aliphatic rings. The topological polar surface area (TPSA) is 41.9 Å². The molecule has 3 aromatic rings. The molecule has 4 nitrogen and oxygen atoms in total. The second-order valence-corrected chi connectivity index (χ2v) is 9.72. The first-order chi connectivity index (χ1) is 16.4. The zero-order valence-electron chi connectivity index (χ0n) is 20.3. The molecule has 3 aromatic carbocycles. The van der Waals surface area contributed by atoms with Gasteiger partial charge in [0.15, 0.2) is 5.17 Å². The summed E-state index contributed by atoms with van der Waals surface area (Å²) in [5.41, 5.74) is 5.11. The van der Waals surface area contributed by atoms with Crippen molar-refractivity contribution < 1.29 is 9.53 Å². The maximum absolute atomic E-state index is 13.7. The molecule has 1 saturated heterocycles. The minimum absolute atomic E-state index is 0.0302. The van der Waals surface area contributed by atoms with E-state index in [1.165, 1.54) is 11.8 Å². The molecule has 4 rings (SSSR count). The Bertz CT molecular complexity index is 1230. The average molecular weight is 471 g/mol. The molecule has 0 N–H and O–H groups in total. The van der Waals surface area contributed by atoms with Crippen molar-refractivity contribution in [1.29, 1.82) is 0 Å². The highest BCUT2D eigenvalue weighted by Crippen LogP contribution is 2.40. The number of amidine groups is 1. The lowest BCUT2D eigenvalue weighted by Gasteiger charge is -2.24. The van der Waals surface area contributed by atoms with Crippen LogP contribution in [-0.2, 0) is 4.79 Å². The summed E-state index contributed by atoms with van der Waals surface area (Å²) < 4.78 is 5.59. The van der Waals surface area contributed by atoms with E-state index in [2.05, 4.69) is 26.0 Å². The van der Waals surface area contributed by atoms with Crippen LogP contribution in [0.4, 0.5) is 5.69 Å². The van der Waals surface area contributed by atoms with Gasteiger partial charge < -0.3 is 4.74 Å². The van der Waals surface area contributed by atoms with Crippen molar-refractivity contribution in [2.45, 2.75) is 39.7 Å². The Hall–Kier alpha value is -3.31. The van der Waals surface area contributed by atoms with Crippen LogP contribution in [0.2, 0.25) is 0 Å². The third-order valence-corrected chi connectivity index (χ3v) is 7.00. The van der Waals surface area contributed by atoms with Crippen LogP contribution in [0, 0.1) is 6.92 Å². The summed E-state index contributed by atoms with van der Waals surface area (Å²) in [7, 11) is 1.70. The summed E-state index contributed by atoms with van der Waals surface area (Å²) in [6, 6.07) is 23.9. The number of hydrogen-bond donors (Lipinski definition) is 0. The molecule has 1 amide bonds. The minimum atomic E-state index is -0.141. The second-order valence-electron chi connectivity index (χ2n) is 8.71. The maximum Gasteiger partial charge on any atom is 0.267 e. The minimum Gasteiger partial charge on any atom is -0.496 e. The molecule has 1 fully saturated rings. The number of aliphatic imine (C=N–C) groups is 1. The number of para-hydroxylation sites is 1. The summed E-state index contributed by atoms with van der Waals surface area (Å²) >= 11 is 1.43. The number of aryl methyl sites for hydroxylation is 1. The van der Waals surface area contributed by atoms with Gasteiger partial charge >= 0.3 is 0 Å². The number of carbonyl (C=O) groups excluding carboxylic acids is 1. The van der Waals surface area contributed by atoms with E-state index < -0.39 is 0 Å². The van der Waals surface area contributed by atoms with Crippen molar-refractivity contribution in [3.05, 3.63) is 100.0 Å². The van der Waals surface area contributed by atoms with Crippen molar-refractivity contribution in [3.63, 3.8) is 0 Å². The lowest BCUT2D eigenvalue weighted by Crippen LogP contribution is -2.32. The van der Waals surface area contributed by atoms with Crippen molar-refractivity contribution in [3.8, 4) is 5.75 Å². The molecule has 1 aliphatic heterocycles. The molecule has 1 atom stereocenters. The molecule has 0 aliphatic carbocycles. The SMILES string of the molecule is COc1cc(C)c(/C=C2/SC(=Nc3ccccc3)N([C@H](C)c3ccccc3)C2=O)cc1C(C)C. The van der Waals surface area contributed by atoms with Gasteiger partial charge in [-0.15, -0.1) is 0 Å². The van der Waals surface area contributed by atoms with Crippen molar-refractivity contribution >= 4 is 34.6 Å². The standard InChI is InChI=1S/C29H30N2O2S/c1-19(2)25-17-23(20(3)16-26(25)33-5)18-27-28(32)31(21(4)22-12-8-6-9-13-22)29(34-27)30-24-14-10-7-11-15-24/h6-19,21H,1-5H3/b27-18+,30-29?/t21-/m1/s1. The predicted octanol–water partition coefficient (Wildman–Crippen LogP) is 7.49. The van der Waals surface area contributed by atoms with Crippen molar-refractivity contribution in [2.75, 3.05) is 7.11 Å². The van der Waals surface area contributed by atoms with E-state index in [9.17, 15) is 4.79 Å². The number of ether oxygens (including phenoxy) is 1. The van der Waals surface area contributed by atoms with E-state index in [1.807, 2.05) is 80.6 Å². The summed E-state index contributed by atoms with van der Waals surface area (Å²) in [4.78, 5) is 21.0. The van der Waals surface area contributed by atoms with Gasteiger partial charge in [-0.1, -0.05) is 62.4 Å². The van der Waals surface area contributed by atoms with E-state index >= 15 is 0 Å². The quantitative estimate of drug-likeness (QED) is 0.350. The summed E-state index contributed by atoms with van der Waals surface area (Å²) in [5.74, 6) is 1.16. The van der Waals surface area contributed by atoms with Gasteiger partial charge in [-0.3, -0.25) is 9.69 Å². The molecule has 5 heteroatoms. The Morgan fingerprint density at radius 2 is 1.62 bits per heavy atom. The number of amides is 1. The van der Waals surface area contributed by atoms with Crippen LogP contribution in [-0.4, -0.2) is 23.1 Å². The van der Waals surface area contributed by atoms with Crippen LogP contribution in [0.1, 0.15) is 55.0 Å². The molecule has 0 saturated carbocycles. The zero-order valence-corrected chi connectivity index (χ0v) is 21.1. The molecule has 174 valence electrons. The van der Waals surface area contributed by atoms with Crippen LogP contribution < -0.4 is 4.74 Å². The molecule has 1 heterocycles. The highest BCUT2D eigenvalue weighted by Gasteiger charge is 2.37. The maximum atomic E-state index is 13.7. The lowest BCUT2D eigenvalue weighted by atomic mass is 9.96.